The Morgan fingerprint density at radius 2 is 1.69 bits per heavy atom. The molecule has 2 rings (SSSR count). The summed E-state index contributed by atoms with van der Waals surface area (Å²) in [6, 6.07) is 10.1. The smallest absolute Gasteiger partial charge is 0.139 e. The minimum absolute atomic E-state index is 0.407. The number of thiophene rings is 1. The Morgan fingerprint density at radius 3 is 2.04 bits per heavy atom. The Balaban J connectivity index is 0.000000458. The van der Waals surface area contributed by atoms with Gasteiger partial charge in [0.15, 0.2) is 0 Å². The first kappa shape index (κ1) is 24.3. The van der Waals surface area contributed by atoms with Gasteiger partial charge in [0.1, 0.15) is 5.67 Å². The van der Waals surface area contributed by atoms with Crippen LogP contribution in [0.4, 0.5) is 4.39 Å². The van der Waals surface area contributed by atoms with E-state index < -0.39 is 11.1 Å². The molecule has 0 aliphatic heterocycles. The third-order valence-corrected chi connectivity index (χ3v) is 5.00. The highest BCUT2D eigenvalue weighted by Gasteiger charge is 2.22. The van der Waals surface area contributed by atoms with Crippen molar-refractivity contribution in [1.29, 1.82) is 5.26 Å². The molecular weight excluding hydrogens is 343 g/mol. The molecule has 0 fully saturated rings. The molecule has 0 aliphatic rings. The lowest BCUT2D eigenvalue weighted by Gasteiger charge is -2.16. The normalized spacial score (nSPS) is 11.0. The topological polar surface area (TPSA) is 36.7 Å². The van der Waals surface area contributed by atoms with Gasteiger partial charge in [-0.3, -0.25) is 4.98 Å². The summed E-state index contributed by atoms with van der Waals surface area (Å²) in [5.74, 6) is 0.407. The average molecular weight is 377 g/mol. The van der Waals surface area contributed by atoms with Crippen LogP contribution in [0.3, 0.4) is 0 Å². The van der Waals surface area contributed by atoms with E-state index in [1.165, 1.54) is 11.3 Å². The van der Waals surface area contributed by atoms with Crippen LogP contribution in [0.25, 0.3) is 0 Å². The van der Waals surface area contributed by atoms with Crippen molar-refractivity contribution >= 4 is 11.3 Å². The maximum atomic E-state index is 13.2. The fourth-order valence-electron chi connectivity index (χ4n) is 2.16. The van der Waals surface area contributed by atoms with Gasteiger partial charge in [0.05, 0.1) is 17.2 Å². The molecule has 26 heavy (non-hydrogen) atoms. The molecule has 2 nitrogen and oxygen atoms in total. The molecule has 2 aromatic rings. The van der Waals surface area contributed by atoms with Crippen molar-refractivity contribution in [2.24, 2.45) is 0 Å². The SMILES string of the molecule is CC.CC(C)c1cccc(C(C)(C)C#N)n1.Cc1ccsc1C(C)(C)F. The van der Waals surface area contributed by atoms with Gasteiger partial charge in [-0.15, -0.1) is 11.3 Å². The van der Waals surface area contributed by atoms with Crippen molar-refractivity contribution in [3.63, 3.8) is 0 Å². The molecule has 0 saturated heterocycles. The first-order chi connectivity index (χ1) is 12.0. The molecule has 0 atom stereocenters. The first-order valence-corrected chi connectivity index (χ1v) is 9.99. The summed E-state index contributed by atoms with van der Waals surface area (Å²) in [5.41, 5.74) is 1.29. The Labute approximate surface area is 163 Å². The molecule has 0 unspecified atom stereocenters. The van der Waals surface area contributed by atoms with E-state index in [2.05, 4.69) is 24.9 Å². The quantitative estimate of drug-likeness (QED) is 0.563. The average Bonchev–Trinajstić information content (AvgIpc) is 3.04. The summed E-state index contributed by atoms with van der Waals surface area (Å²) in [6.07, 6.45) is 0. The standard InChI is InChI=1S/C12H16N2.C8H11FS.C2H6/c1-9(2)10-6-5-7-11(14-10)12(3,4)8-13;1-6-4-5-10-7(6)8(2,3)9;1-2/h5-7,9H,1-4H3;4-5H,1-3H3;1-2H3. The minimum atomic E-state index is -1.17. The number of hydrogen-bond donors (Lipinski definition) is 0. The maximum Gasteiger partial charge on any atom is 0.139 e. The summed E-state index contributed by atoms with van der Waals surface area (Å²) >= 11 is 1.48. The van der Waals surface area contributed by atoms with Crippen LogP contribution in [0.5, 0.6) is 0 Å². The number of rotatable bonds is 3. The summed E-state index contributed by atoms with van der Waals surface area (Å²) in [6.45, 7) is 17.1. The molecule has 2 aromatic heterocycles. The number of nitriles is 1. The van der Waals surface area contributed by atoms with Gasteiger partial charge < -0.3 is 0 Å². The zero-order chi connectivity index (χ0) is 20.5. The summed E-state index contributed by atoms with van der Waals surface area (Å²) in [5, 5.41) is 10.9. The van der Waals surface area contributed by atoms with Crippen LogP contribution in [-0.4, -0.2) is 4.98 Å². The summed E-state index contributed by atoms with van der Waals surface area (Å²) in [7, 11) is 0. The maximum absolute atomic E-state index is 13.2. The van der Waals surface area contributed by atoms with E-state index in [9.17, 15) is 4.39 Å². The number of hydrogen-bond acceptors (Lipinski definition) is 3. The van der Waals surface area contributed by atoms with Gasteiger partial charge in [0.2, 0.25) is 0 Å². The van der Waals surface area contributed by atoms with Crippen LogP contribution in [0.2, 0.25) is 0 Å². The van der Waals surface area contributed by atoms with Gasteiger partial charge in [-0.1, -0.05) is 33.8 Å². The Hall–Kier alpha value is -1.73. The van der Waals surface area contributed by atoms with Crippen molar-refractivity contribution in [2.75, 3.05) is 0 Å². The number of nitrogens with zero attached hydrogens (tertiary/aromatic N) is 2. The molecule has 0 N–H and O–H groups in total. The number of pyridine rings is 1. The fraction of sp³-hybridized carbons (Fsp3) is 0.545. The van der Waals surface area contributed by atoms with Gasteiger partial charge in [-0.25, -0.2) is 4.39 Å². The highest BCUT2D eigenvalue weighted by Crippen LogP contribution is 2.31. The summed E-state index contributed by atoms with van der Waals surface area (Å²) < 4.78 is 13.2. The molecule has 0 amide bonds. The van der Waals surface area contributed by atoms with Crippen LogP contribution in [-0.2, 0) is 11.1 Å². The van der Waals surface area contributed by atoms with Crippen LogP contribution in [0, 0.1) is 18.3 Å². The molecule has 0 aliphatic carbocycles. The van der Waals surface area contributed by atoms with Gasteiger partial charge in [-0.05, 0) is 69.7 Å². The second-order valence-electron chi connectivity index (χ2n) is 7.24. The van der Waals surface area contributed by atoms with E-state index in [-0.39, 0.29) is 0 Å². The van der Waals surface area contributed by atoms with E-state index in [4.69, 9.17) is 5.26 Å². The van der Waals surface area contributed by atoms with E-state index in [0.29, 0.717) is 5.92 Å². The lowest BCUT2D eigenvalue weighted by atomic mass is 9.90. The second-order valence-corrected chi connectivity index (χ2v) is 8.16. The van der Waals surface area contributed by atoms with Gasteiger partial charge >= 0.3 is 0 Å². The van der Waals surface area contributed by atoms with E-state index in [1.807, 2.05) is 64.3 Å². The van der Waals surface area contributed by atoms with E-state index >= 15 is 0 Å². The Morgan fingerprint density at radius 1 is 1.12 bits per heavy atom. The molecule has 0 saturated carbocycles. The van der Waals surface area contributed by atoms with Crippen LogP contribution in [0.15, 0.2) is 29.6 Å². The third-order valence-electron chi connectivity index (χ3n) is 3.68. The molecular formula is C22H33FN2S. The van der Waals surface area contributed by atoms with Crippen LogP contribution in [0.1, 0.15) is 83.1 Å². The monoisotopic (exact) mass is 376 g/mol. The second kappa shape index (κ2) is 10.4. The largest absolute Gasteiger partial charge is 0.256 e. The molecule has 4 heteroatoms. The molecule has 0 spiro atoms. The molecule has 144 valence electrons. The van der Waals surface area contributed by atoms with Crippen molar-refractivity contribution in [2.45, 2.75) is 79.3 Å². The molecule has 2 heterocycles. The number of aromatic nitrogens is 1. The number of alkyl halides is 1. The third kappa shape index (κ3) is 7.25. The minimum Gasteiger partial charge on any atom is -0.256 e. The van der Waals surface area contributed by atoms with Crippen molar-refractivity contribution in [1.82, 2.24) is 4.98 Å². The first-order valence-electron chi connectivity index (χ1n) is 9.11. The number of halogens is 1. The predicted molar refractivity (Wildman–Crippen MR) is 112 cm³/mol. The highest BCUT2D eigenvalue weighted by atomic mass is 32.1. The fourth-order valence-corrected chi connectivity index (χ4v) is 3.10. The van der Waals surface area contributed by atoms with Crippen LogP contribution >= 0.6 is 11.3 Å². The van der Waals surface area contributed by atoms with Crippen molar-refractivity contribution < 1.29 is 4.39 Å². The van der Waals surface area contributed by atoms with Crippen LogP contribution < -0.4 is 0 Å². The zero-order valence-electron chi connectivity index (χ0n) is 17.6. The zero-order valence-corrected chi connectivity index (χ0v) is 18.5. The molecule has 0 radical (unpaired) electrons. The van der Waals surface area contributed by atoms with Crippen molar-refractivity contribution in [3.05, 3.63) is 51.5 Å². The van der Waals surface area contributed by atoms with Gasteiger partial charge in [0, 0.05) is 10.6 Å². The Bertz CT molecular complexity index is 703. The van der Waals surface area contributed by atoms with E-state index in [1.54, 1.807) is 13.8 Å². The molecule has 0 bridgehead atoms. The van der Waals surface area contributed by atoms with Crippen molar-refractivity contribution in [3.8, 4) is 6.07 Å². The Kier molecular flexibility index (Phi) is 9.73. The van der Waals surface area contributed by atoms with Gasteiger partial charge in [-0.2, -0.15) is 5.26 Å². The lowest BCUT2D eigenvalue weighted by Crippen LogP contribution is -2.16. The number of aryl methyl sites for hydroxylation is 1. The summed E-state index contributed by atoms with van der Waals surface area (Å²) in [4.78, 5) is 5.33. The molecule has 0 aromatic carbocycles. The van der Waals surface area contributed by atoms with Gasteiger partial charge in [0.25, 0.3) is 0 Å². The van der Waals surface area contributed by atoms with E-state index in [0.717, 1.165) is 21.8 Å². The highest BCUT2D eigenvalue weighted by molar-refractivity contribution is 7.10. The predicted octanol–water partition coefficient (Wildman–Crippen LogP) is 7.29. The lowest BCUT2D eigenvalue weighted by molar-refractivity contribution is 0.226.